The molecule has 0 aliphatic carbocycles. The second-order valence-electron chi connectivity index (χ2n) is 2.44. The summed E-state index contributed by atoms with van der Waals surface area (Å²) in [6.07, 6.45) is 0. The van der Waals surface area contributed by atoms with E-state index in [-0.39, 0.29) is 6.04 Å². The van der Waals surface area contributed by atoms with Crippen molar-refractivity contribution >= 4 is 33.8 Å². The third kappa shape index (κ3) is 4.56. The molecule has 1 saturated heterocycles. The maximum Gasteiger partial charge on any atom is 0.333 e. The lowest BCUT2D eigenvalue weighted by Crippen LogP contribution is -2.37. The van der Waals surface area contributed by atoms with Crippen LogP contribution in [0.5, 0.6) is 0 Å². The van der Waals surface area contributed by atoms with Gasteiger partial charge in [-0.1, -0.05) is 0 Å². The van der Waals surface area contributed by atoms with Crippen molar-refractivity contribution in [2.75, 3.05) is 23.0 Å². The average molecular weight is 229 g/mol. The van der Waals surface area contributed by atoms with Gasteiger partial charge in [0.1, 0.15) is 0 Å². The van der Waals surface area contributed by atoms with Crippen molar-refractivity contribution in [1.29, 1.82) is 0 Å². The van der Waals surface area contributed by atoms with Gasteiger partial charge in [0, 0.05) is 29.1 Å². The SMILES string of the molecule is O=S(=O)(O)NC1CSCCSC1. The van der Waals surface area contributed by atoms with Crippen molar-refractivity contribution in [1.82, 2.24) is 4.72 Å². The molecular weight excluding hydrogens is 218 g/mol. The van der Waals surface area contributed by atoms with Gasteiger partial charge in [-0.2, -0.15) is 36.7 Å². The highest BCUT2D eigenvalue weighted by Gasteiger charge is 2.17. The summed E-state index contributed by atoms with van der Waals surface area (Å²) in [4.78, 5) is 0. The predicted octanol–water partition coefficient (Wildman–Crippen LogP) is 0.227. The molecule has 4 nitrogen and oxygen atoms in total. The molecule has 2 N–H and O–H groups in total. The van der Waals surface area contributed by atoms with Crippen LogP contribution >= 0.6 is 23.5 Å². The molecule has 1 aliphatic rings. The molecule has 1 fully saturated rings. The Hall–Kier alpha value is 0.570. The van der Waals surface area contributed by atoms with Crippen LogP contribution in [0.2, 0.25) is 0 Å². The Morgan fingerprint density at radius 3 is 2.17 bits per heavy atom. The monoisotopic (exact) mass is 229 g/mol. The fourth-order valence-corrected chi connectivity index (χ4v) is 4.09. The summed E-state index contributed by atoms with van der Waals surface area (Å²) in [6, 6.07) is -0.127. The Kier molecular flexibility index (Phi) is 4.18. The number of thioether (sulfide) groups is 2. The first-order chi connectivity index (χ1) is 5.58. The number of rotatable bonds is 2. The fraction of sp³-hybridized carbons (Fsp3) is 1.00. The second kappa shape index (κ2) is 4.71. The standard InChI is InChI=1S/C5H11NO3S3/c7-12(8,9)6-5-3-10-1-2-11-4-5/h5-6H,1-4H2,(H,7,8,9). The van der Waals surface area contributed by atoms with Crippen molar-refractivity contribution < 1.29 is 13.0 Å². The zero-order valence-corrected chi connectivity index (χ0v) is 8.84. The second-order valence-corrected chi connectivity index (χ2v) is 5.93. The summed E-state index contributed by atoms with van der Waals surface area (Å²) in [5, 5.41) is 0. The van der Waals surface area contributed by atoms with Crippen LogP contribution in [-0.2, 0) is 10.3 Å². The van der Waals surface area contributed by atoms with Crippen molar-refractivity contribution in [3.63, 3.8) is 0 Å². The predicted molar refractivity (Wildman–Crippen MR) is 53.1 cm³/mol. The molecule has 1 heterocycles. The van der Waals surface area contributed by atoms with Gasteiger partial charge in [-0.05, 0) is 0 Å². The summed E-state index contributed by atoms with van der Waals surface area (Å²) in [5.41, 5.74) is 0. The van der Waals surface area contributed by atoms with E-state index >= 15 is 0 Å². The van der Waals surface area contributed by atoms with Gasteiger partial charge in [-0.15, -0.1) is 0 Å². The number of nitrogens with one attached hydrogen (secondary N) is 1. The molecule has 0 aromatic rings. The van der Waals surface area contributed by atoms with E-state index in [1.165, 1.54) is 0 Å². The molecular formula is C5H11NO3S3. The first-order valence-corrected chi connectivity index (χ1v) is 7.23. The molecule has 0 radical (unpaired) electrons. The fourth-order valence-electron chi connectivity index (χ4n) is 0.896. The van der Waals surface area contributed by atoms with Crippen LogP contribution in [0.3, 0.4) is 0 Å². The summed E-state index contributed by atoms with van der Waals surface area (Å²) in [5.74, 6) is 3.59. The highest BCUT2D eigenvalue weighted by molar-refractivity contribution is 8.03. The Balaban J connectivity index is 2.40. The van der Waals surface area contributed by atoms with Gasteiger partial charge in [0.25, 0.3) is 0 Å². The molecule has 1 rings (SSSR count). The summed E-state index contributed by atoms with van der Waals surface area (Å²) in [7, 11) is -4.02. The zero-order valence-electron chi connectivity index (χ0n) is 6.39. The Bertz CT molecular complexity index is 220. The molecule has 1 aliphatic heterocycles. The average Bonchev–Trinajstić information content (AvgIpc) is 2.12. The van der Waals surface area contributed by atoms with Gasteiger partial charge in [0.05, 0.1) is 0 Å². The molecule has 12 heavy (non-hydrogen) atoms. The Morgan fingerprint density at radius 2 is 1.75 bits per heavy atom. The lowest BCUT2D eigenvalue weighted by molar-refractivity contribution is 0.461. The van der Waals surface area contributed by atoms with Crippen molar-refractivity contribution in [2.24, 2.45) is 0 Å². The minimum Gasteiger partial charge on any atom is -0.273 e. The van der Waals surface area contributed by atoms with Gasteiger partial charge < -0.3 is 0 Å². The third-order valence-electron chi connectivity index (χ3n) is 1.33. The van der Waals surface area contributed by atoms with E-state index in [1.54, 1.807) is 23.5 Å². The van der Waals surface area contributed by atoms with E-state index in [4.69, 9.17) is 4.55 Å². The quantitative estimate of drug-likeness (QED) is 0.663. The van der Waals surface area contributed by atoms with Crippen molar-refractivity contribution in [3.05, 3.63) is 0 Å². The maximum absolute atomic E-state index is 10.4. The lowest BCUT2D eigenvalue weighted by Gasteiger charge is -2.11. The molecule has 0 unspecified atom stereocenters. The molecule has 0 spiro atoms. The number of hydrogen-bond donors (Lipinski definition) is 2. The van der Waals surface area contributed by atoms with Crippen molar-refractivity contribution in [2.45, 2.75) is 6.04 Å². The van der Waals surface area contributed by atoms with E-state index in [2.05, 4.69) is 4.72 Å². The summed E-state index contributed by atoms with van der Waals surface area (Å²) < 4.78 is 31.6. The smallest absolute Gasteiger partial charge is 0.273 e. The lowest BCUT2D eigenvalue weighted by atomic mass is 10.4. The maximum atomic E-state index is 10.4. The van der Waals surface area contributed by atoms with Crippen molar-refractivity contribution in [3.8, 4) is 0 Å². The molecule has 0 aromatic heterocycles. The molecule has 0 aromatic carbocycles. The minimum atomic E-state index is -4.02. The van der Waals surface area contributed by atoms with Crippen LogP contribution in [0.4, 0.5) is 0 Å². The van der Waals surface area contributed by atoms with Gasteiger partial charge >= 0.3 is 10.3 Å². The van der Waals surface area contributed by atoms with Crippen LogP contribution in [0.1, 0.15) is 0 Å². The van der Waals surface area contributed by atoms with Crippen LogP contribution < -0.4 is 4.72 Å². The normalized spacial score (nSPS) is 22.1. The molecule has 0 saturated carbocycles. The van der Waals surface area contributed by atoms with E-state index in [0.717, 1.165) is 23.0 Å². The van der Waals surface area contributed by atoms with E-state index in [1.807, 2.05) is 0 Å². The van der Waals surface area contributed by atoms with Crippen LogP contribution in [0.15, 0.2) is 0 Å². The highest BCUT2D eigenvalue weighted by atomic mass is 32.2. The van der Waals surface area contributed by atoms with Crippen LogP contribution in [0.25, 0.3) is 0 Å². The van der Waals surface area contributed by atoms with E-state index in [0.29, 0.717) is 0 Å². The first-order valence-electron chi connectivity index (χ1n) is 3.48. The van der Waals surface area contributed by atoms with Crippen LogP contribution in [-0.4, -0.2) is 42.0 Å². The van der Waals surface area contributed by atoms with Gasteiger partial charge in [-0.3, -0.25) is 4.55 Å². The molecule has 72 valence electrons. The molecule has 0 atom stereocenters. The van der Waals surface area contributed by atoms with E-state index < -0.39 is 10.3 Å². The first kappa shape index (κ1) is 10.6. The largest absolute Gasteiger partial charge is 0.333 e. The third-order valence-corrected chi connectivity index (χ3v) is 4.48. The minimum absolute atomic E-state index is 0.127. The van der Waals surface area contributed by atoms with Gasteiger partial charge in [-0.25, -0.2) is 0 Å². The van der Waals surface area contributed by atoms with E-state index in [9.17, 15) is 8.42 Å². The zero-order chi connectivity index (χ0) is 9.03. The molecule has 7 heteroatoms. The summed E-state index contributed by atoms with van der Waals surface area (Å²) >= 11 is 3.41. The Morgan fingerprint density at radius 1 is 1.25 bits per heavy atom. The summed E-state index contributed by atoms with van der Waals surface area (Å²) in [6.45, 7) is 0. The molecule has 0 amide bonds. The topological polar surface area (TPSA) is 66.4 Å². The number of hydrogen-bond acceptors (Lipinski definition) is 4. The highest BCUT2D eigenvalue weighted by Crippen LogP contribution is 2.16. The van der Waals surface area contributed by atoms with Gasteiger partial charge in [0.2, 0.25) is 0 Å². The Labute approximate surface area is 80.8 Å². The van der Waals surface area contributed by atoms with Crippen LogP contribution in [0, 0.1) is 0 Å². The molecule has 0 bridgehead atoms. The van der Waals surface area contributed by atoms with Gasteiger partial charge in [0.15, 0.2) is 0 Å².